The van der Waals surface area contributed by atoms with Gasteiger partial charge in [-0.05, 0) is 41.4 Å². The highest BCUT2D eigenvalue weighted by molar-refractivity contribution is 6.33. The first-order valence-electron chi connectivity index (χ1n) is 5.88. The molecule has 1 N–H and O–H groups in total. The van der Waals surface area contributed by atoms with Gasteiger partial charge in [-0.2, -0.15) is 4.98 Å². The summed E-state index contributed by atoms with van der Waals surface area (Å²) in [6.07, 6.45) is 2.54. The quantitative estimate of drug-likeness (QED) is 0.667. The van der Waals surface area contributed by atoms with E-state index in [0.29, 0.717) is 11.3 Å². The fourth-order valence-corrected chi connectivity index (χ4v) is 1.92. The van der Waals surface area contributed by atoms with Crippen LogP contribution in [0, 0.1) is 5.82 Å². The second kappa shape index (κ2) is 6.65. The molecule has 1 aromatic carbocycles. The number of hydrogen-bond donors (Lipinski definition) is 1. The molecule has 2 aromatic rings. The molecule has 0 radical (unpaired) electrons. The number of allylic oxidation sites excluding steroid dienone is 1. The average Bonchev–Trinajstić information content (AvgIpc) is 2.45. The minimum atomic E-state index is -0.445. The highest BCUT2D eigenvalue weighted by Gasteiger charge is 2.11. The van der Waals surface area contributed by atoms with Crippen molar-refractivity contribution in [1.82, 2.24) is 9.97 Å². The lowest BCUT2D eigenvalue weighted by Crippen LogP contribution is -2.04. The zero-order valence-electron chi connectivity index (χ0n) is 10.7. The van der Waals surface area contributed by atoms with Gasteiger partial charge in [-0.3, -0.25) is 4.79 Å². The second-order valence-corrected chi connectivity index (χ2v) is 4.85. The Hall–Kier alpha value is -1.98. The molecule has 0 aliphatic carbocycles. The highest BCUT2D eigenvalue weighted by atomic mass is 35.5. The van der Waals surface area contributed by atoms with Gasteiger partial charge in [0.25, 0.3) is 0 Å². The predicted molar refractivity (Wildman–Crippen MR) is 80.6 cm³/mol. The number of aromatic nitrogens is 2. The first kappa shape index (κ1) is 15.4. The van der Waals surface area contributed by atoms with E-state index in [1.807, 2.05) is 0 Å². The minimum Gasteiger partial charge on any atom is -0.339 e. The number of carbonyl (C=O) groups excluding carboxylic acids is 1. The summed E-state index contributed by atoms with van der Waals surface area (Å²) in [5, 5.41) is 3.19. The van der Waals surface area contributed by atoms with Crippen LogP contribution in [0.3, 0.4) is 0 Å². The molecule has 0 unspecified atom stereocenters. The Kier molecular flexibility index (Phi) is 4.88. The zero-order chi connectivity index (χ0) is 15.4. The number of rotatable bonds is 5. The number of nitrogens with one attached hydrogen (secondary N) is 1. The topological polar surface area (TPSA) is 54.9 Å². The SMILES string of the molecule is C=CC(=O)Cc1cc(F)ccc1Nc1nc(Cl)ncc1Cl. The van der Waals surface area contributed by atoms with E-state index < -0.39 is 5.82 Å². The molecule has 1 aromatic heterocycles. The number of anilines is 2. The van der Waals surface area contributed by atoms with Gasteiger partial charge in [0.1, 0.15) is 10.8 Å². The Bertz CT molecular complexity index is 707. The Morgan fingerprint density at radius 1 is 1.43 bits per heavy atom. The van der Waals surface area contributed by atoms with Gasteiger partial charge < -0.3 is 5.32 Å². The molecule has 4 nitrogen and oxygen atoms in total. The standard InChI is InChI=1S/C14H10Cl2FN3O/c1-2-10(21)6-8-5-9(17)3-4-12(8)19-13-11(15)7-18-14(16)20-13/h2-5,7H,1,6H2,(H,18,19,20). The average molecular weight is 326 g/mol. The van der Waals surface area contributed by atoms with Crippen molar-refractivity contribution in [2.45, 2.75) is 6.42 Å². The molecule has 0 aliphatic heterocycles. The number of benzene rings is 1. The van der Waals surface area contributed by atoms with Crippen LogP contribution in [-0.4, -0.2) is 15.8 Å². The maximum Gasteiger partial charge on any atom is 0.224 e. The number of ketones is 1. The Labute approximate surface area is 130 Å². The van der Waals surface area contributed by atoms with Crippen molar-refractivity contribution in [3.63, 3.8) is 0 Å². The van der Waals surface area contributed by atoms with E-state index in [2.05, 4.69) is 21.9 Å². The molecule has 0 saturated heterocycles. The zero-order valence-corrected chi connectivity index (χ0v) is 12.2. The van der Waals surface area contributed by atoms with Gasteiger partial charge in [0.15, 0.2) is 11.6 Å². The molecule has 0 saturated carbocycles. The van der Waals surface area contributed by atoms with Crippen molar-refractivity contribution >= 4 is 40.5 Å². The molecule has 0 amide bonds. The fourth-order valence-electron chi connectivity index (χ4n) is 1.65. The van der Waals surface area contributed by atoms with E-state index in [4.69, 9.17) is 23.2 Å². The summed E-state index contributed by atoms with van der Waals surface area (Å²) in [4.78, 5) is 19.2. The second-order valence-electron chi connectivity index (χ2n) is 4.11. The van der Waals surface area contributed by atoms with Crippen LogP contribution >= 0.6 is 23.2 Å². The van der Waals surface area contributed by atoms with E-state index >= 15 is 0 Å². The first-order chi connectivity index (χ1) is 9.99. The molecule has 2 rings (SSSR count). The van der Waals surface area contributed by atoms with Crippen molar-refractivity contribution in [2.24, 2.45) is 0 Å². The van der Waals surface area contributed by atoms with Gasteiger partial charge in [0, 0.05) is 12.1 Å². The summed E-state index contributed by atoms with van der Waals surface area (Å²) in [7, 11) is 0. The van der Waals surface area contributed by atoms with Crippen molar-refractivity contribution in [3.05, 3.63) is 58.7 Å². The van der Waals surface area contributed by atoms with Crippen LogP contribution in [0.25, 0.3) is 0 Å². The number of carbonyl (C=O) groups is 1. The molecule has 0 fully saturated rings. The van der Waals surface area contributed by atoms with Crippen molar-refractivity contribution in [3.8, 4) is 0 Å². The predicted octanol–water partition coefficient (Wildman–Crippen LogP) is 3.96. The summed E-state index contributed by atoms with van der Waals surface area (Å²) < 4.78 is 13.3. The third kappa shape index (κ3) is 4.00. The van der Waals surface area contributed by atoms with E-state index in [1.165, 1.54) is 30.5 Å². The Morgan fingerprint density at radius 3 is 2.90 bits per heavy atom. The normalized spacial score (nSPS) is 10.2. The number of hydrogen-bond acceptors (Lipinski definition) is 4. The smallest absolute Gasteiger partial charge is 0.224 e. The van der Waals surface area contributed by atoms with Crippen LogP contribution in [-0.2, 0) is 11.2 Å². The molecular formula is C14H10Cl2FN3O. The van der Waals surface area contributed by atoms with Crippen molar-refractivity contribution in [2.75, 3.05) is 5.32 Å². The van der Waals surface area contributed by atoms with Crippen molar-refractivity contribution in [1.29, 1.82) is 0 Å². The van der Waals surface area contributed by atoms with E-state index in [0.717, 1.165) is 0 Å². The first-order valence-corrected chi connectivity index (χ1v) is 6.64. The summed E-state index contributed by atoms with van der Waals surface area (Å²) in [5.41, 5.74) is 0.967. The van der Waals surface area contributed by atoms with Gasteiger partial charge in [0.05, 0.1) is 6.20 Å². The molecule has 0 spiro atoms. The largest absolute Gasteiger partial charge is 0.339 e. The lowest BCUT2D eigenvalue weighted by atomic mass is 10.1. The third-order valence-electron chi connectivity index (χ3n) is 2.63. The summed E-state index contributed by atoms with van der Waals surface area (Å²) in [6, 6.07) is 4.02. The van der Waals surface area contributed by atoms with Crippen LogP contribution in [0.4, 0.5) is 15.9 Å². The summed E-state index contributed by atoms with van der Waals surface area (Å²) >= 11 is 11.7. The summed E-state index contributed by atoms with van der Waals surface area (Å²) in [5.74, 6) is -0.398. The molecule has 7 heteroatoms. The number of halogens is 3. The van der Waals surface area contributed by atoms with Crippen LogP contribution in [0.2, 0.25) is 10.3 Å². The molecule has 0 bridgehead atoms. The minimum absolute atomic E-state index is 0.0139. The molecular weight excluding hydrogens is 316 g/mol. The molecule has 108 valence electrons. The molecule has 0 aliphatic rings. The maximum absolute atomic E-state index is 13.3. The molecule has 0 atom stereocenters. The van der Waals surface area contributed by atoms with Crippen LogP contribution < -0.4 is 5.32 Å². The van der Waals surface area contributed by atoms with Crippen molar-refractivity contribution < 1.29 is 9.18 Å². The fraction of sp³-hybridized carbons (Fsp3) is 0.0714. The molecule has 1 heterocycles. The lowest BCUT2D eigenvalue weighted by molar-refractivity contribution is -0.114. The lowest BCUT2D eigenvalue weighted by Gasteiger charge is -2.12. The summed E-state index contributed by atoms with van der Waals surface area (Å²) in [6.45, 7) is 3.40. The van der Waals surface area contributed by atoms with E-state index in [-0.39, 0.29) is 28.3 Å². The molecule has 21 heavy (non-hydrogen) atoms. The van der Waals surface area contributed by atoms with Gasteiger partial charge in [-0.15, -0.1) is 0 Å². The highest BCUT2D eigenvalue weighted by Crippen LogP contribution is 2.26. The monoisotopic (exact) mass is 325 g/mol. The van der Waals surface area contributed by atoms with Gasteiger partial charge in [0.2, 0.25) is 5.28 Å². The van der Waals surface area contributed by atoms with E-state index in [1.54, 1.807) is 0 Å². The van der Waals surface area contributed by atoms with Gasteiger partial charge >= 0.3 is 0 Å². The van der Waals surface area contributed by atoms with Crippen LogP contribution in [0.1, 0.15) is 5.56 Å². The Morgan fingerprint density at radius 2 is 2.19 bits per heavy atom. The third-order valence-corrected chi connectivity index (χ3v) is 3.09. The van der Waals surface area contributed by atoms with E-state index in [9.17, 15) is 9.18 Å². The van der Waals surface area contributed by atoms with Crippen LogP contribution in [0.5, 0.6) is 0 Å². The maximum atomic E-state index is 13.3. The van der Waals surface area contributed by atoms with Crippen LogP contribution in [0.15, 0.2) is 37.1 Å². The number of nitrogens with zero attached hydrogens (tertiary/aromatic N) is 2. The Balaban J connectivity index is 2.37. The van der Waals surface area contributed by atoms with Gasteiger partial charge in [-0.1, -0.05) is 18.2 Å². The van der Waals surface area contributed by atoms with Gasteiger partial charge in [-0.25, -0.2) is 9.37 Å².